The molecule has 1 amide bonds. The van der Waals surface area contributed by atoms with E-state index in [1.54, 1.807) is 25.1 Å². The predicted molar refractivity (Wildman–Crippen MR) is 116 cm³/mol. The van der Waals surface area contributed by atoms with Crippen molar-refractivity contribution >= 4 is 21.8 Å². The van der Waals surface area contributed by atoms with E-state index in [4.69, 9.17) is 4.52 Å². The number of benzene rings is 2. The van der Waals surface area contributed by atoms with Gasteiger partial charge in [0.15, 0.2) is 0 Å². The Morgan fingerprint density at radius 1 is 1.13 bits per heavy atom. The number of rotatable bonds is 8. The Morgan fingerprint density at radius 3 is 2.53 bits per heavy atom. The molecule has 8 heteroatoms. The van der Waals surface area contributed by atoms with Gasteiger partial charge in [0.05, 0.1) is 16.2 Å². The van der Waals surface area contributed by atoms with Gasteiger partial charge in [0.1, 0.15) is 0 Å². The maximum absolute atomic E-state index is 13.0. The molecule has 158 valence electrons. The van der Waals surface area contributed by atoms with Gasteiger partial charge in [-0.3, -0.25) is 10.1 Å². The van der Waals surface area contributed by atoms with Crippen LogP contribution in [0.5, 0.6) is 0 Å². The van der Waals surface area contributed by atoms with Gasteiger partial charge in [0, 0.05) is 13.5 Å². The zero-order chi connectivity index (χ0) is 21.7. The van der Waals surface area contributed by atoms with Crippen molar-refractivity contribution in [3.8, 4) is 11.1 Å². The molecule has 7 nitrogen and oxygen atoms in total. The van der Waals surface area contributed by atoms with E-state index in [2.05, 4.69) is 15.2 Å². The minimum absolute atomic E-state index is 0.185. The van der Waals surface area contributed by atoms with Crippen molar-refractivity contribution in [3.05, 3.63) is 65.4 Å². The molecular weight excluding hydrogens is 402 g/mol. The summed E-state index contributed by atoms with van der Waals surface area (Å²) in [5.74, 6) is -0.0822. The lowest BCUT2D eigenvalue weighted by Gasteiger charge is -2.12. The fraction of sp³-hybridized carbons (Fsp3) is 0.273. The molecule has 0 aliphatic rings. The van der Waals surface area contributed by atoms with E-state index in [0.29, 0.717) is 41.8 Å². The van der Waals surface area contributed by atoms with E-state index in [0.717, 1.165) is 5.56 Å². The summed E-state index contributed by atoms with van der Waals surface area (Å²) < 4.78 is 33.9. The van der Waals surface area contributed by atoms with E-state index in [9.17, 15) is 13.2 Å². The topological polar surface area (TPSA) is 101 Å². The number of hydrogen-bond donors (Lipinski definition) is 2. The fourth-order valence-electron chi connectivity index (χ4n) is 3.20. The number of sulfonamides is 1. The summed E-state index contributed by atoms with van der Waals surface area (Å²) >= 11 is 0. The number of nitrogens with zero attached hydrogens (tertiary/aromatic N) is 1. The molecule has 2 N–H and O–H groups in total. The normalized spacial score (nSPS) is 11.4. The average Bonchev–Trinajstić information content (AvgIpc) is 3.11. The van der Waals surface area contributed by atoms with E-state index in [-0.39, 0.29) is 16.7 Å². The highest BCUT2D eigenvalue weighted by atomic mass is 32.2. The Labute approximate surface area is 176 Å². The van der Waals surface area contributed by atoms with Gasteiger partial charge in [-0.15, -0.1) is 0 Å². The lowest BCUT2D eigenvalue weighted by molar-refractivity contribution is -0.114. The van der Waals surface area contributed by atoms with E-state index in [1.165, 1.54) is 6.92 Å². The second kappa shape index (κ2) is 9.23. The quantitative estimate of drug-likeness (QED) is 0.571. The first-order valence-electron chi connectivity index (χ1n) is 9.72. The molecular formula is C22H25N3O4S. The molecule has 3 rings (SSSR count). The van der Waals surface area contributed by atoms with Crippen LogP contribution in [0.3, 0.4) is 0 Å². The number of carbonyl (C=O) groups is 1. The summed E-state index contributed by atoms with van der Waals surface area (Å²) in [7, 11) is -3.72. The maximum Gasteiger partial charge on any atom is 0.240 e. The highest BCUT2D eigenvalue weighted by Gasteiger charge is 2.22. The summed E-state index contributed by atoms with van der Waals surface area (Å²) in [5.41, 5.74) is 3.53. The standard InChI is InChI=1S/C22H25N3O4S/c1-4-19-21(22(29-25-19)24-16(3)26)18-11-10-15(2)20(14-18)30(27,28)23-13-12-17-8-6-5-7-9-17/h5-11,14,23H,4,12-13H2,1-3H3,(H,24,26). The first-order chi connectivity index (χ1) is 14.3. The SMILES string of the molecule is CCc1noc(NC(C)=O)c1-c1ccc(C)c(S(=O)(=O)NCCc2ccccc2)c1. The summed E-state index contributed by atoms with van der Waals surface area (Å²) in [4.78, 5) is 11.7. The molecule has 1 aromatic heterocycles. The highest BCUT2D eigenvalue weighted by Crippen LogP contribution is 2.34. The van der Waals surface area contributed by atoms with Gasteiger partial charge in [-0.25, -0.2) is 13.1 Å². The van der Waals surface area contributed by atoms with Gasteiger partial charge in [0.2, 0.25) is 21.8 Å². The van der Waals surface area contributed by atoms with E-state index >= 15 is 0 Å². The van der Waals surface area contributed by atoms with Crippen LogP contribution < -0.4 is 10.0 Å². The maximum atomic E-state index is 13.0. The van der Waals surface area contributed by atoms with Crippen LogP contribution in [0.1, 0.15) is 30.7 Å². The van der Waals surface area contributed by atoms with Crippen LogP contribution in [-0.2, 0) is 27.7 Å². The second-order valence-corrected chi connectivity index (χ2v) is 8.72. The molecule has 0 atom stereocenters. The van der Waals surface area contributed by atoms with Gasteiger partial charge in [-0.1, -0.05) is 54.5 Å². The van der Waals surface area contributed by atoms with Crippen LogP contribution >= 0.6 is 0 Å². The van der Waals surface area contributed by atoms with Crippen molar-refractivity contribution in [3.63, 3.8) is 0 Å². The van der Waals surface area contributed by atoms with Gasteiger partial charge >= 0.3 is 0 Å². The van der Waals surface area contributed by atoms with Crippen molar-refractivity contribution < 1.29 is 17.7 Å². The zero-order valence-electron chi connectivity index (χ0n) is 17.2. The zero-order valence-corrected chi connectivity index (χ0v) is 18.0. The van der Waals surface area contributed by atoms with Gasteiger partial charge in [-0.2, -0.15) is 0 Å². The van der Waals surface area contributed by atoms with Crippen molar-refractivity contribution in [2.24, 2.45) is 0 Å². The first kappa shape index (κ1) is 21.7. The molecule has 30 heavy (non-hydrogen) atoms. The van der Waals surface area contributed by atoms with Crippen LogP contribution in [0.4, 0.5) is 5.88 Å². The average molecular weight is 428 g/mol. The Kier molecular flexibility index (Phi) is 6.69. The minimum Gasteiger partial charge on any atom is -0.337 e. The van der Waals surface area contributed by atoms with Crippen LogP contribution in [0.15, 0.2) is 57.9 Å². The number of aryl methyl sites for hydroxylation is 2. The summed E-state index contributed by atoms with van der Waals surface area (Å²) in [5, 5.41) is 6.63. The molecule has 0 aliphatic heterocycles. The van der Waals surface area contributed by atoms with Crippen LogP contribution in [0, 0.1) is 6.92 Å². The first-order valence-corrected chi connectivity index (χ1v) is 11.2. The Hall–Kier alpha value is -2.97. The van der Waals surface area contributed by atoms with Crippen LogP contribution in [0.2, 0.25) is 0 Å². The van der Waals surface area contributed by atoms with Crippen LogP contribution in [-0.4, -0.2) is 26.0 Å². The lowest BCUT2D eigenvalue weighted by atomic mass is 10.0. The predicted octanol–water partition coefficient (Wildman–Crippen LogP) is 3.69. The van der Waals surface area contributed by atoms with Crippen molar-refractivity contribution in [1.82, 2.24) is 9.88 Å². The monoisotopic (exact) mass is 427 g/mol. The minimum atomic E-state index is -3.72. The second-order valence-electron chi connectivity index (χ2n) is 6.98. The lowest BCUT2D eigenvalue weighted by Crippen LogP contribution is -2.26. The number of amides is 1. The molecule has 0 spiro atoms. The summed E-state index contributed by atoms with van der Waals surface area (Å²) in [6, 6.07) is 14.8. The smallest absolute Gasteiger partial charge is 0.240 e. The molecule has 0 saturated heterocycles. The molecule has 2 aromatic carbocycles. The molecule has 0 saturated carbocycles. The molecule has 0 bridgehead atoms. The van der Waals surface area contributed by atoms with Crippen molar-refractivity contribution in [1.29, 1.82) is 0 Å². The number of aromatic nitrogens is 1. The Bertz CT molecular complexity index is 1140. The Morgan fingerprint density at radius 2 is 1.87 bits per heavy atom. The van der Waals surface area contributed by atoms with Crippen molar-refractivity contribution in [2.45, 2.75) is 38.5 Å². The third-order valence-electron chi connectivity index (χ3n) is 4.70. The number of hydrogen-bond acceptors (Lipinski definition) is 5. The van der Waals surface area contributed by atoms with E-state index < -0.39 is 10.0 Å². The molecule has 0 aliphatic carbocycles. The summed E-state index contributed by atoms with van der Waals surface area (Å²) in [6.07, 6.45) is 1.17. The van der Waals surface area contributed by atoms with Gasteiger partial charge in [-0.05, 0) is 42.5 Å². The molecule has 1 heterocycles. The van der Waals surface area contributed by atoms with Crippen molar-refractivity contribution in [2.75, 3.05) is 11.9 Å². The fourth-order valence-corrected chi connectivity index (χ4v) is 4.50. The number of nitrogens with one attached hydrogen (secondary N) is 2. The number of carbonyl (C=O) groups excluding carboxylic acids is 1. The number of anilines is 1. The highest BCUT2D eigenvalue weighted by molar-refractivity contribution is 7.89. The Balaban J connectivity index is 1.90. The molecule has 0 fully saturated rings. The largest absolute Gasteiger partial charge is 0.337 e. The third-order valence-corrected chi connectivity index (χ3v) is 6.31. The van der Waals surface area contributed by atoms with Gasteiger partial charge in [0.25, 0.3) is 0 Å². The molecule has 3 aromatic rings. The van der Waals surface area contributed by atoms with Crippen LogP contribution in [0.25, 0.3) is 11.1 Å². The molecule has 0 radical (unpaired) electrons. The molecule has 0 unspecified atom stereocenters. The van der Waals surface area contributed by atoms with Gasteiger partial charge < -0.3 is 4.52 Å². The summed E-state index contributed by atoms with van der Waals surface area (Å²) in [6.45, 7) is 5.33. The third kappa shape index (κ3) is 4.95. The van der Waals surface area contributed by atoms with E-state index in [1.807, 2.05) is 37.3 Å².